The first-order valence-electron chi connectivity index (χ1n) is 9.18. The molecule has 1 amide bonds. The molecule has 7 heteroatoms. The molecule has 5 nitrogen and oxygen atoms in total. The highest BCUT2D eigenvalue weighted by Crippen LogP contribution is 2.21. The Morgan fingerprint density at radius 3 is 2.54 bits per heavy atom. The standard InChI is InChI=1S/C21H24ClFN2O3/c1-3-25(4-2)19-8-6-5-7-15(19)14-28-20(26)11-12-24-21(27)17-10-9-16(23)13-18(17)22/h5-10,13H,3-4,11-12,14H2,1-2H3,(H,24,27). The van der Waals surface area contributed by atoms with Gasteiger partial charge in [0.2, 0.25) is 0 Å². The average Bonchev–Trinajstić information content (AvgIpc) is 2.68. The minimum absolute atomic E-state index is 0.0214. The van der Waals surface area contributed by atoms with Crippen molar-refractivity contribution in [2.75, 3.05) is 24.5 Å². The maximum absolute atomic E-state index is 13.0. The molecule has 0 aliphatic rings. The van der Waals surface area contributed by atoms with Gasteiger partial charge in [0, 0.05) is 30.9 Å². The molecule has 28 heavy (non-hydrogen) atoms. The molecule has 150 valence electrons. The lowest BCUT2D eigenvalue weighted by molar-refractivity contribution is -0.144. The molecule has 0 radical (unpaired) electrons. The number of rotatable bonds is 9. The molecule has 0 unspecified atom stereocenters. The first-order valence-corrected chi connectivity index (χ1v) is 9.55. The molecule has 0 aliphatic heterocycles. The Hall–Kier alpha value is -2.60. The summed E-state index contributed by atoms with van der Waals surface area (Å²) >= 11 is 5.85. The van der Waals surface area contributed by atoms with Crippen LogP contribution in [-0.4, -0.2) is 31.5 Å². The van der Waals surface area contributed by atoms with Gasteiger partial charge in [-0.1, -0.05) is 29.8 Å². The van der Waals surface area contributed by atoms with Gasteiger partial charge in [0.15, 0.2) is 0 Å². The molecule has 0 heterocycles. The molecule has 0 atom stereocenters. The minimum Gasteiger partial charge on any atom is -0.461 e. The Kier molecular flexibility index (Phi) is 8.26. The quantitative estimate of drug-likeness (QED) is 0.634. The summed E-state index contributed by atoms with van der Waals surface area (Å²) in [4.78, 5) is 26.2. The number of nitrogens with one attached hydrogen (secondary N) is 1. The predicted octanol–water partition coefficient (Wildman–Crippen LogP) is 4.19. The van der Waals surface area contributed by atoms with Gasteiger partial charge in [-0.05, 0) is 38.1 Å². The van der Waals surface area contributed by atoms with Crippen molar-refractivity contribution < 1.29 is 18.7 Å². The summed E-state index contributed by atoms with van der Waals surface area (Å²) in [5, 5.41) is 2.60. The molecule has 2 aromatic rings. The number of halogens is 2. The van der Waals surface area contributed by atoms with Crippen LogP contribution in [0.1, 0.15) is 36.2 Å². The van der Waals surface area contributed by atoms with Crippen LogP contribution >= 0.6 is 11.6 Å². The van der Waals surface area contributed by atoms with Gasteiger partial charge >= 0.3 is 5.97 Å². The van der Waals surface area contributed by atoms with Gasteiger partial charge in [0.1, 0.15) is 12.4 Å². The summed E-state index contributed by atoms with van der Waals surface area (Å²) in [5.74, 6) is -1.40. The minimum atomic E-state index is -0.518. The summed E-state index contributed by atoms with van der Waals surface area (Å²) in [6, 6.07) is 11.3. The lowest BCUT2D eigenvalue weighted by Gasteiger charge is -2.24. The number of carbonyl (C=O) groups excluding carboxylic acids is 2. The van der Waals surface area contributed by atoms with E-state index in [1.165, 1.54) is 6.07 Å². The Morgan fingerprint density at radius 1 is 1.14 bits per heavy atom. The van der Waals surface area contributed by atoms with Crippen molar-refractivity contribution in [2.24, 2.45) is 0 Å². The van der Waals surface area contributed by atoms with Gasteiger partial charge in [-0.3, -0.25) is 9.59 Å². The van der Waals surface area contributed by atoms with Crippen LogP contribution in [0.25, 0.3) is 0 Å². The fourth-order valence-electron chi connectivity index (χ4n) is 2.78. The molecule has 2 rings (SSSR count). The second kappa shape index (κ2) is 10.7. The van der Waals surface area contributed by atoms with E-state index in [9.17, 15) is 14.0 Å². The molecule has 0 saturated carbocycles. The Bertz CT molecular complexity index is 825. The Balaban J connectivity index is 1.83. The van der Waals surface area contributed by atoms with Crippen LogP contribution in [0.15, 0.2) is 42.5 Å². The zero-order valence-corrected chi connectivity index (χ0v) is 16.8. The maximum Gasteiger partial charge on any atom is 0.307 e. The van der Waals surface area contributed by atoms with E-state index in [4.69, 9.17) is 16.3 Å². The molecule has 0 spiro atoms. The number of anilines is 1. The number of para-hydroxylation sites is 1. The van der Waals surface area contributed by atoms with Gasteiger partial charge in [-0.25, -0.2) is 4.39 Å². The number of ether oxygens (including phenoxy) is 1. The fourth-order valence-corrected chi connectivity index (χ4v) is 3.04. The lowest BCUT2D eigenvalue weighted by Crippen LogP contribution is -2.27. The van der Waals surface area contributed by atoms with Crippen LogP contribution in [-0.2, 0) is 16.1 Å². The van der Waals surface area contributed by atoms with E-state index in [-0.39, 0.29) is 30.2 Å². The highest BCUT2D eigenvalue weighted by atomic mass is 35.5. The number of benzene rings is 2. The third-order valence-corrected chi connectivity index (χ3v) is 4.59. The molecule has 0 fully saturated rings. The fraction of sp³-hybridized carbons (Fsp3) is 0.333. The predicted molar refractivity (Wildman–Crippen MR) is 108 cm³/mol. The van der Waals surface area contributed by atoms with Crippen molar-refractivity contribution in [2.45, 2.75) is 26.9 Å². The molecule has 0 bridgehead atoms. The topological polar surface area (TPSA) is 58.6 Å². The second-order valence-corrected chi connectivity index (χ2v) is 6.50. The molecule has 0 saturated heterocycles. The summed E-state index contributed by atoms with van der Waals surface area (Å²) in [6.07, 6.45) is 0.0258. The van der Waals surface area contributed by atoms with Gasteiger partial charge in [0.25, 0.3) is 5.91 Å². The average molecular weight is 407 g/mol. The van der Waals surface area contributed by atoms with E-state index in [2.05, 4.69) is 24.1 Å². The third-order valence-electron chi connectivity index (χ3n) is 4.27. The van der Waals surface area contributed by atoms with Gasteiger partial charge in [0.05, 0.1) is 17.0 Å². The molecule has 0 aliphatic carbocycles. The van der Waals surface area contributed by atoms with E-state index in [0.717, 1.165) is 36.5 Å². The van der Waals surface area contributed by atoms with Crippen molar-refractivity contribution in [1.29, 1.82) is 0 Å². The van der Waals surface area contributed by atoms with E-state index >= 15 is 0 Å². The number of esters is 1. The van der Waals surface area contributed by atoms with Gasteiger partial charge < -0.3 is 15.0 Å². The summed E-state index contributed by atoms with van der Waals surface area (Å²) in [7, 11) is 0. The smallest absolute Gasteiger partial charge is 0.307 e. The monoisotopic (exact) mass is 406 g/mol. The molecule has 1 N–H and O–H groups in total. The highest BCUT2D eigenvalue weighted by Gasteiger charge is 2.13. The maximum atomic E-state index is 13.0. The highest BCUT2D eigenvalue weighted by molar-refractivity contribution is 6.33. The summed E-state index contributed by atoms with van der Waals surface area (Å²) in [6.45, 7) is 6.13. The zero-order valence-electron chi connectivity index (χ0n) is 16.0. The van der Waals surface area contributed by atoms with Crippen molar-refractivity contribution in [3.63, 3.8) is 0 Å². The number of amides is 1. The van der Waals surface area contributed by atoms with Gasteiger partial charge in [-0.15, -0.1) is 0 Å². The van der Waals surface area contributed by atoms with Crippen LogP contribution in [0.2, 0.25) is 5.02 Å². The van der Waals surface area contributed by atoms with E-state index in [1.54, 1.807) is 0 Å². The summed E-state index contributed by atoms with van der Waals surface area (Å²) < 4.78 is 18.4. The van der Waals surface area contributed by atoms with Crippen LogP contribution in [0.5, 0.6) is 0 Å². The van der Waals surface area contributed by atoms with Crippen molar-refractivity contribution in [3.05, 3.63) is 64.4 Å². The largest absolute Gasteiger partial charge is 0.461 e. The second-order valence-electron chi connectivity index (χ2n) is 6.09. The number of carbonyl (C=O) groups is 2. The Morgan fingerprint density at radius 2 is 1.86 bits per heavy atom. The molecular formula is C21H24ClFN2O3. The number of hydrogen-bond acceptors (Lipinski definition) is 4. The number of nitrogens with zero attached hydrogens (tertiary/aromatic N) is 1. The van der Waals surface area contributed by atoms with Crippen LogP contribution in [0, 0.1) is 5.82 Å². The van der Waals surface area contributed by atoms with Crippen molar-refractivity contribution in [3.8, 4) is 0 Å². The Labute approximate surface area is 169 Å². The van der Waals surface area contributed by atoms with Crippen LogP contribution in [0.3, 0.4) is 0 Å². The van der Waals surface area contributed by atoms with E-state index < -0.39 is 17.7 Å². The first-order chi connectivity index (χ1) is 13.5. The third kappa shape index (κ3) is 5.96. The van der Waals surface area contributed by atoms with E-state index in [1.807, 2.05) is 24.3 Å². The van der Waals surface area contributed by atoms with Crippen LogP contribution in [0.4, 0.5) is 10.1 Å². The lowest BCUT2D eigenvalue weighted by atomic mass is 10.1. The molecule has 2 aromatic carbocycles. The van der Waals surface area contributed by atoms with Crippen LogP contribution < -0.4 is 10.2 Å². The first kappa shape index (κ1) is 21.7. The van der Waals surface area contributed by atoms with Crippen molar-refractivity contribution in [1.82, 2.24) is 5.32 Å². The zero-order chi connectivity index (χ0) is 20.5. The number of hydrogen-bond donors (Lipinski definition) is 1. The SMILES string of the molecule is CCN(CC)c1ccccc1COC(=O)CCNC(=O)c1ccc(F)cc1Cl. The van der Waals surface area contributed by atoms with Crippen molar-refractivity contribution >= 4 is 29.2 Å². The van der Waals surface area contributed by atoms with E-state index in [0.29, 0.717) is 0 Å². The van der Waals surface area contributed by atoms with Gasteiger partial charge in [-0.2, -0.15) is 0 Å². The normalized spacial score (nSPS) is 10.4. The molecule has 0 aromatic heterocycles. The molecular weight excluding hydrogens is 383 g/mol. The summed E-state index contributed by atoms with van der Waals surface area (Å²) in [5.41, 5.74) is 2.13.